The van der Waals surface area contributed by atoms with Crippen LogP contribution in [0.3, 0.4) is 0 Å². The van der Waals surface area contributed by atoms with Crippen molar-refractivity contribution in [2.45, 2.75) is 0 Å². The van der Waals surface area contributed by atoms with Crippen molar-refractivity contribution in [3.05, 3.63) is 170 Å². The van der Waals surface area contributed by atoms with Crippen LogP contribution in [0.2, 0.25) is 0 Å². The van der Waals surface area contributed by atoms with Crippen LogP contribution >= 0.6 is 0 Å². The Balaban J connectivity index is 1.17. The van der Waals surface area contributed by atoms with Gasteiger partial charge in [-0.3, -0.25) is 0 Å². The normalized spacial score (nSPS) is 11.6. The number of rotatable bonds is 4. The molecule has 0 saturated carbocycles. The summed E-state index contributed by atoms with van der Waals surface area (Å²) in [5.41, 5.74) is 7.14. The van der Waals surface area contributed by atoms with Crippen molar-refractivity contribution in [1.82, 2.24) is 0 Å². The predicted octanol–water partition coefficient (Wildman–Crippen LogP) is 12.6. The molecule has 0 unspecified atom stereocenters. The van der Waals surface area contributed by atoms with E-state index < -0.39 is 0 Å². The van der Waals surface area contributed by atoms with E-state index >= 15 is 0 Å². The molecule has 0 aliphatic heterocycles. The lowest BCUT2D eigenvalue weighted by Crippen LogP contribution is -1.87. The van der Waals surface area contributed by atoms with Gasteiger partial charge in [-0.2, -0.15) is 0 Å². The highest BCUT2D eigenvalue weighted by molar-refractivity contribution is 6.11. The maximum Gasteiger partial charge on any atom is 0.135 e. The Kier molecular flexibility index (Phi) is 5.89. The molecule has 0 aliphatic carbocycles. The van der Waals surface area contributed by atoms with Crippen LogP contribution in [0.5, 0.6) is 0 Å². The number of benzene rings is 8. The van der Waals surface area contributed by atoms with Crippen molar-refractivity contribution in [2.24, 2.45) is 0 Å². The molecule has 45 heavy (non-hydrogen) atoms. The fourth-order valence-electron chi connectivity index (χ4n) is 7.05. The maximum atomic E-state index is 6.70. The molecule has 1 heteroatoms. The molecule has 0 bridgehead atoms. The van der Waals surface area contributed by atoms with Crippen LogP contribution in [0.1, 0.15) is 0 Å². The fourth-order valence-corrected chi connectivity index (χ4v) is 7.05. The van der Waals surface area contributed by atoms with Crippen molar-refractivity contribution in [2.75, 3.05) is 0 Å². The number of furan rings is 1. The van der Waals surface area contributed by atoms with Crippen LogP contribution in [0.25, 0.3) is 88.0 Å². The molecule has 0 spiro atoms. The minimum atomic E-state index is 0.868. The molecule has 0 radical (unpaired) electrons. The lowest BCUT2D eigenvalue weighted by Gasteiger charge is -2.13. The second kappa shape index (κ2) is 10.4. The first-order valence-electron chi connectivity index (χ1n) is 15.4. The highest BCUT2D eigenvalue weighted by Crippen LogP contribution is 2.42. The van der Waals surface area contributed by atoms with E-state index in [0.29, 0.717) is 0 Å². The fraction of sp³-hybridized carbons (Fsp3) is 0. The van der Waals surface area contributed by atoms with Gasteiger partial charge in [0.15, 0.2) is 0 Å². The standard InChI is InChI=1S/C44H28O/c1-3-15-31-29(11-1)13-9-21-33(31)39-23-25-41(37-19-7-5-17-35(37)39)43-27-28-44(45-43)42-26-24-40(36-18-6-8-20-38(36)42)34-22-10-14-30-12-2-4-16-32(30)34/h1-28H. The molecule has 1 heterocycles. The molecule has 1 aromatic heterocycles. The first-order valence-corrected chi connectivity index (χ1v) is 15.4. The average molecular weight is 573 g/mol. The Morgan fingerprint density at radius 3 is 0.978 bits per heavy atom. The second-order valence-electron chi connectivity index (χ2n) is 11.6. The Morgan fingerprint density at radius 1 is 0.222 bits per heavy atom. The van der Waals surface area contributed by atoms with Crippen LogP contribution in [-0.4, -0.2) is 0 Å². The lowest BCUT2D eigenvalue weighted by atomic mass is 9.91. The Bertz CT molecular complexity index is 2360. The molecule has 210 valence electrons. The van der Waals surface area contributed by atoms with Gasteiger partial charge < -0.3 is 4.42 Å². The van der Waals surface area contributed by atoms with E-state index in [9.17, 15) is 0 Å². The molecule has 0 amide bonds. The zero-order chi connectivity index (χ0) is 29.7. The zero-order valence-corrected chi connectivity index (χ0v) is 24.6. The molecule has 8 aromatic carbocycles. The molecule has 1 nitrogen and oxygen atoms in total. The summed E-state index contributed by atoms with van der Waals surface area (Å²) in [5, 5.41) is 9.81. The molecule has 9 rings (SSSR count). The van der Waals surface area contributed by atoms with Gasteiger partial charge in [-0.05, 0) is 89.6 Å². The monoisotopic (exact) mass is 572 g/mol. The first kappa shape index (κ1) is 25.6. The van der Waals surface area contributed by atoms with Gasteiger partial charge in [0, 0.05) is 11.1 Å². The van der Waals surface area contributed by atoms with Crippen LogP contribution in [-0.2, 0) is 0 Å². The van der Waals surface area contributed by atoms with Gasteiger partial charge in [0.1, 0.15) is 11.5 Å². The smallest absolute Gasteiger partial charge is 0.135 e. The summed E-state index contributed by atoms with van der Waals surface area (Å²) in [6.45, 7) is 0. The summed E-state index contributed by atoms with van der Waals surface area (Å²) in [6, 6.07) is 60.8. The maximum absolute atomic E-state index is 6.70. The van der Waals surface area contributed by atoms with E-state index in [1.54, 1.807) is 0 Å². The summed E-state index contributed by atoms with van der Waals surface area (Å²) in [7, 11) is 0. The third-order valence-electron chi connectivity index (χ3n) is 9.14. The molecular weight excluding hydrogens is 544 g/mol. The highest BCUT2D eigenvalue weighted by Gasteiger charge is 2.17. The lowest BCUT2D eigenvalue weighted by molar-refractivity contribution is 0.598. The van der Waals surface area contributed by atoms with Crippen molar-refractivity contribution in [3.63, 3.8) is 0 Å². The topological polar surface area (TPSA) is 13.1 Å². The summed E-state index contributed by atoms with van der Waals surface area (Å²) < 4.78 is 6.70. The molecule has 0 aliphatic rings. The molecule has 0 saturated heterocycles. The van der Waals surface area contributed by atoms with E-state index in [4.69, 9.17) is 4.42 Å². The van der Waals surface area contributed by atoms with Crippen molar-refractivity contribution >= 4 is 43.1 Å². The zero-order valence-electron chi connectivity index (χ0n) is 24.6. The second-order valence-corrected chi connectivity index (χ2v) is 11.6. The van der Waals surface area contributed by atoms with Gasteiger partial charge in [-0.25, -0.2) is 0 Å². The largest absolute Gasteiger partial charge is 0.456 e. The van der Waals surface area contributed by atoms with Gasteiger partial charge in [0.2, 0.25) is 0 Å². The van der Waals surface area contributed by atoms with Crippen molar-refractivity contribution < 1.29 is 4.42 Å². The van der Waals surface area contributed by atoms with Gasteiger partial charge in [0.05, 0.1) is 0 Å². The van der Waals surface area contributed by atoms with Gasteiger partial charge >= 0.3 is 0 Å². The molecule has 0 fully saturated rings. The van der Waals surface area contributed by atoms with Crippen molar-refractivity contribution in [1.29, 1.82) is 0 Å². The third kappa shape index (κ3) is 4.17. The number of fused-ring (bicyclic) bond motifs is 4. The first-order chi connectivity index (χ1) is 22.3. The summed E-state index contributed by atoms with van der Waals surface area (Å²) >= 11 is 0. The predicted molar refractivity (Wildman–Crippen MR) is 190 cm³/mol. The average Bonchev–Trinajstić information content (AvgIpc) is 3.60. The summed E-state index contributed by atoms with van der Waals surface area (Å²) in [6.07, 6.45) is 0. The Labute approximate surface area is 261 Å². The molecule has 0 N–H and O–H groups in total. The van der Waals surface area contributed by atoms with E-state index in [1.807, 2.05) is 0 Å². The summed E-state index contributed by atoms with van der Waals surface area (Å²) in [4.78, 5) is 0. The minimum absolute atomic E-state index is 0.868. The van der Waals surface area contributed by atoms with Crippen molar-refractivity contribution in [3.8, 4) is 44.9 Å². The van der Waals surface area contributed by atoms with Gasteiger partial charge in [0.25, 0.3) is 0 Å². The number of hydrogen-bond donors (Lipinski definition) is 0. The highest BCUT2D eigenvalue weighted by atomic mass is 16.3. The van der Waals surface area contributed by atoms with Crippen LogP contribution in [0.4, 0.5) is 0 Å². The van der Waals surface area contributed by atoms with E-state index in [2.05, 4.69) is 170 Å². The van der Waals surface area contributed by atoms with Gasteiger partial charge in [-0.1, -0.05) is 146 Å². The Hall–Kier alpha value is -5.92. The Morgan fingerprint density at radius 2 is 0.533 bits per heavy atom. The van der Waals surface area contributed by atoms with E-state index in [-0.39, 0.29) is 0 Å². The number of hydrogen-bond acceptors (Lipinski definition) is 1. The molecular formula is C44H28O. The summed E-state index contributed by atoms with van der Waals surface area (Å²) in [5.74, 6) is 1.74. The third-order valence-corrected chi connectivity index (χ3v) is 9.14. The quantitative estimate of drug-likeness (QED) is 0.204. The van der Waals surface area contributed by atoms with E-state index in [0.717, 1.165) is 22.6 Å². The molecule has 0 atom stereocenters. The SMILES string of the molecule is c1ccc2c(-c3ccc(-c4ccc(-c5ccc(-c6cccc7ccccc67)c6ccccc56)o4)c4ccccc34)cccc2c1. The van der Waals surface area contributed by atoms with Crippen LogP contribution in [0.15, 0.2) is 174 Å². The van der Waals surface area contributed by atoms with Crippen LogP contribution < -0.4 is 0 Å². The van der Waals surface area contributed by atoms with Crippen LogP contribution in [0, 0.1) is 0 Å². The minimum Gasteiger partial charge on any atom is -0.456 e. The molecule has 9 aromatic rings. The van der Waals surface area contributed by atoms with E-state index in [1.165, 1.54) is 65.3 Å². The van der Waals surface area contributed by atoms with Gasteiger partial charge in [-0.15, -0.1) is 0 Å².